The summed E-state index contributed by atoms with van der Waals surface area (Å²) in [7, 11) is 0. The molecule has 1 heterocycles. The summed E-state index contributed by atoms with van der Waals surface area (Å²) in [5.74, 6) is -0.435. The van der Waals surface area contributed by atoms with Gasteiger partial charge in [0.1, 0.15) is 0 Å². The molecule has 7 nitrogen and oxygen atoms in total. The van der Waals surface area contributed by atoms with E-state index in [0.29, 0.717) is 5.69 Å². The number of nitro benzene ring substituents is 1. The van der Waals surface area contributed by atoms with Crippen LogP contribution in [0.4, 0.5) is 5.69 Å². The molecule has 0 spiro atoms. The molecule has 0 unspecified atom stereocenters. The van der Waals surface area contributed by atoms with Crippen LogP contribution in [-0.4, -0.2) is 21.0 Å². The number of carbonyl (C=O) groups is 1. The van der Waals surface area contributed by atoms with Gasteiger partial charge in [0.25, 0.3) is 11.6 Å². The first-order chi connectivity index (χ1) is 9.58. The molecule has 20 heavy (non-hydrogen) atoms. The molecule has 0 aliphatic rings. The van der Waals surface area contributed by atoms with Crippen molar-refractivity contribution in [2.45, 2.75) is 6.54 Å². The third kappa shape index (κ3) is 3.27. The number of benzene rings is 1. The first kappa shape index (κ1) is 13.9. The van der Waals surface area contributed by atoms with E-state index in [9.17, 15) is 14.9 Å². The Morgan fingerprint density at radius 2 is 2.20 bits per heavy atom. The van der Waals surface area contributed by atoms with Gasteiger partial charge in [-0.05, 0) is 18.2 Å². The molecule has 0 bridgehead atoms. The predicted octanol–water partition coefficient (Wildman–Crippen LogP) is 1.97. The third-order valence-corrected chi connectivity index (χ3v) is 2.78. The van der Waals surface area contributed by atoms with Crippen molar-refractivity contribution in [3.05, 3.63) is 62.9 Å². The molecule has 1 N–H and O–H groups in total. The highest BCUT2D eigenvalue weighted by atomic mass is 35.5. The van der Waals surface area contributed by atoms with Crippen LogP contribution in [0.1, 0.15) is 16.1 Å². The van der Waals surface area contributed by atoms with E-state index in [2.05, 4.69) is 15.5 Å². The molecule has 0 atom stereocenters. The molecule has 0 aliphatic heterocycles. The Balaban J connectivity index is 2.08. The molecule has 0 fully saturated rings. The first-order valence-corrected chi connectivity index (χ1v) is 5.94. The van der Waals surface area contributed by atoms with Gasteiger partial charge in [0, 0.05) is 18.3 Å². The summed E-state index contributed by atoms with van der Waals surface area (Å²) in [6, 6.07) is 7.09. The van der Waals surface area contributed by atoms with Crippen molar-refractivity contribution in [1.29, 1.82) is 0 Å². The monoisotopic (exact) mass is 292 g/mol. The van der Waals surface area contributed by atoms with Crippen molar-refractivity contribution in [2.75, 3.05) is 0 Å². The maximum absolute atomic E-state index is 11.9. The van der Waals surface area contributed by atoms with Crippen LogP contribution in [0.25, 0.3) is 0 Å². The highest BCUT2D eigenvalue weighted by Gasteiger charge is 2.14. The number of nitrogens with one attached hydrogen (secondary N) is 1. The standard InChI is InChI=1S/C12H9ClN4O3/c13-11-6-9(17(19)20)3-4-10(11)12(18)14-7-8-2-1-5-15-16-8/h1-6H,7H2,(H,14,18). The lowest BCUT2D eigenvalue weighted by Gasteiger charge is -2.05. The molecule has 2 aromatic rings. The van der Waals surface area contributed by atoms with E-state index in [1.807, 2.05) is 0 Å². The summed E-state index contributed by atoms with van der Waals surface area (Å²) in [5, 5.41) is 20.7. The Hall–Kier alpha value is -2.54. The predicted molar refractivity (Wildman–Crippen MR) is 71.3 cm³/mol. The Morgan fingerprint density at radius 1 is 1.40 bits per heavy atom. The van der Waals surface area contributed by atoms with E-state index < -0.39 is 10.8 Å². The average molecular weight is 293 g/mol. The lowest BCUT2D eigenvalue weighted by molar-refractivity contribution is -0.384. The van der Waals surface area contributed by atoms with Gasteiger partial charge >= 0.3 is 0 Å². The molecule has 102 valence electrons. The minimum atomic E-state index is -0.576. The molecule has 0 radical (unpaired) electrons. The molecule has 0 saturated carbocycles. The quantitative estimate of drug-likeness (QED) is 0.686. The van der Waals surface area contributed by atoms with Gasteiger partial charge in [-0.25, -0.2) is 0 Å². The van der Waals surface area contributed by atoms with E-state index in [4.69, 9.17) is 11.6 Å². The number of hydrogen-bond donors (Lipinski definition) is 1. The van der Waals surface area contributed by atoms with Crippen molar-refractivity contribution >= 4 is 23.2 Å². The van der Waals surface area contributed by atoms with Crippen molar-refractivity contribution < 1.29 is 9.72 Å². The van der Waals surface area contributed by atoms with Crippen LogP contribution in [0.15, 0.2) is 36.5 Å². The second-order valence-corrected chi connectivity index (χ2v) is 4.23. The highest BCUT2D eigenvalue weighted by Crippen LogP contribution is 2.22. The van der Waals surface area contributed by atoms with Crippen molar-refractivity contribution in [1.82, 2.24) is 15.5 Å². The maximum atomic E-state index is 11.9. The van der Waals surface area contributed by atoms with E-state index >= 15 is 0 Å². The lowest BCUT2D eigenvalue weighted by Crippen LogP contribution is -2.23. The average Bonchev–Trinajstić information content (AvgIpc) is 2.45. The summed E-state index contributed by atoms with van der Waals surface area (Å²) < 4.78 is 0. The molecular formula is C12H9ClN4O3. The Bertz CT molecular complexity index is 648. The number of aromatic nitrogens is 2. The van der Waals surface area contributed by atoms with Gasteiger partial charge in [-0.2, -0.15) is 10.2 Å². The van der Waals surface area contributed by atoms with Gasteiger partial charge in [-0.1, -0.05) is 11.6 Å². The second-order valence-electron chi connectivity index (χ2n) is 3.82. The van der Waals surface area contributed by atoms with Crippen LogP contribution >= 0.6 is 11.6 Å². The molecule has 0 aliphatic carbocycles. The van der Waals surface area contributed by atoms with Gasteiger partial charge in [-0.3, -0.25) is 14.9 Å². The number of nitrogens with zero attached hydrogens (tertiary/aromatic N) is 3. The first-order valence-electron chi connectivity index (χ1n) is 5.56. The van der Waals surface area contributed by atoms with E-state index in [-0.39, 0.29) is 22.8 Å². The van der Waals surface area contributed by atoms with E-state index in [0.717, 1.165) is 6.07 Å². The van der Waals surface area contributed by atoms with Crippen LogP contribution < -0.4 is 5.32 Å². The lowest BCUT2D eigenvalue weighted by atomic mass is 10.2. The Labute approximate surface area is 118 Å². The zero-order valence-corrected chi connectivity index (χ0v) is 10.9. The minimum Gasteiger partial charge on any atom is -0.346 e. The zero-order chi connectivity index (χ0) is 14.5. The van der Waals surface area contributed by atoms with E-state index in [1.54, 1.807) is 12.1 Å². The normalized spacial score (nSPS) is 10.1. The summed E-state index contributed by atoms with van der Waals surface area (Å²) >= 11 is 5.86. The summed E-state index contributed by atoms with van der Waals surface area (Å²) in [6.45, 7) is 0.194. The number of non-ortho nitro benzene ring substituents is 1. The highest BCUT2D eigenvalue weighted by molar-refractivity contribution is 6.34. The largest absolute Gasteiger partial charge is 0.346 e. The minimum absolute atomic E-state index is 0.0239. The second kappa shape index (κ2) is 6.07. The molecule has 8 heteroatoms. The number of rotatable bonds is 4. The van der Waals surface area contributed by atoms with Gasteiger partial charge in [0.15, 0.2) is 0 Å². The summed E-state index contributed by atoms with van der Waals surface area (Å²) in [4.78, 5) is 21.9. The number of carbonyl (C=O) groups excluding carboxylic acids is 1. The number of nitro groups is 1. The molecule has 1 aromatic carbocycles. The van der Waals surface area contributed by atoms with Crippen molar-refractivity contribution in [3.63, 3.8) is 0 Å². The van der Waals surface area contributed by atoms with Crippen molar-refractivity contribution in [2.24, 2.45) is 0 Å². The zero-order valence-electron chi connectivity index (χ0n) is 10.1. The number of amides is 1. The van der Waals surface area contributed by atoms with Crippen LogP contribution in [0.3, 0.4) is 0 Å². The number of halogens is 1. The van der Waals surface area contributed by atoms with Crippen LogP contribution in [0.2, 0.25) is 5.02 Å². The van der Waals surface area contributed by atoms with Crippen LogP contribution in [0.5, 0.6) is 0 Å². The van der Waals surface area contributed by atoms with Gasteiger partial charge in [0.2, 0.25) is 0 Å². The smallest absolute Gasteiger partial charge is 0.270 e. The fourth-order valence-corrected chi connectivity index (χ4v) is 1.76. The number of hydrogen-bond acceptors (Lipinski definition) is 5. The van der Waals surface area contributed by atoms with E-state index in [1.165, 1.54) is 18.3 Å². The molecule has 0 saturated heterocycles. The van der Waals surface area contributed by atoms with Crippen LogP contribution in [0, 0.1) is 10.1 Å². The van der Waals surface area contributed by atoms with Crippen molar-refractivity contribution in [3.8, 4) is 0 Å². The molecule has 2 rings (SSSR count). The molecule has 1 aromatic heterocycles. The third-order valence-electron chi connectivity index (χ3n) is 2.47. The molecule has 1 amide bonds. The van der Waals surface area contributed by atoms with Gasteiger partial charge in [0.05, 0.1) is 27.7 Å². The fourth-order valence-electron chi connectivity index (χ4n) is 1.50. The topological polar surface area (TPSA) is 98.0 Å². The maximum Gasteiger partial charge on any atom is 0.270 e. The SMILES string of the molecule is O=C(NCc1cccnn1)c1ccc([N+](=O)[O-])cc1Cl. The van der Waals surface area contributed by atoms with Gasteiger partial charge in [-0.15, -0.1) is 0 Å². The molecular weight excluding hydrogens is 284 g/mol. The Kier molecular flexibility index (Phi) is 4.21. The van der Waals surface area contributed by atoms with Gasteiger partial charge < -0.3 is 5.32 Å². The summed E-state index contributed by atoms with van der Waals surface area (Å²) in [6.07, 6.45) is 1.53. The Morgan fingerprint density at radius 3 is 2.80 bits per heavy atom. The summed E-state index contributed by atoms with van der Waals surface area (Å²) in [5.41, 5.74) is 0.598. The van der Waals surface area contributed by atoms with Crippen LogP contribution in [-0.2, 0) is 6.54 Å². The fraction of sp³-hybridized carbons (Fsp3) is 0.0833.